The van der Waals surface area contributed by atoms with E-state index in [9.17, 15) is 0 Å². The molecule has 2 aromatic rings. The van der Waals surface area contributed by atoms with Crippen molar-refractivity contribution >= 4 is 21.8 Å². The van der Waals surface area contributed by atoms with Gasteiger partial charge in [0.05, 0.1) is 11.6 Å². The number of hydrogen-bond donors (Lipinski definition) is 1. The molecule has 0 bridgehead atoms. The number of hydrogen-bond acceptors (Lipinski definition) is 4. The van der Waals surface area contributed by atoms with Crippen molar-refractivity contribution in [3.05, 3.63) is 28.2 Å². The molecule has 4 nitrogen and oxygen atoms in total. The maximum absolute atomic E-state index is 5.51. The van der Waals surface area contributed by atoms with Gasteiger partial charge >= 0.3 is 0 Å². The van der Waals surface area contributed by atoms with Crippen molar-refractivity contribution in [3.8, 4) is 17.0 Å². The van der Waals surface area contributed by atoms with E-state index >= 15 is 0 Å². The van der Waals surface area contributed by atoms with Crippen LogP contribution >= 0.6 is 15.9 Å². The summed E-state index contributed by atoms with van der Waals surface area (Å²) in [5.41, 5.74) is 8.21. The summed E-state index contributed by atoms with van der Waals surface area (Å²) in [6.45, 7) is 1.99. The molecule has 0 aliphatic carbocycles. The molecule has 0 amide bonds. The summed E-state index contributed by atoms with van der Waals surface area (Å²) in [4.78, 5) is 0. The van der Waals surface area contributed by atoms with Crippen LogP contribution in [0.3, 0.4) is 0 Å². The van der Waals surface area contributed by atoms with Crippen LogP contribution in [-0.4, -0.2) is 12.3 Å². The molecule has 0 aliphatic heterocycles. The van der Waals surface area contributed by atoms with E-state index in [1.807, 2.05) is 19.1 Å². The van der Waals surface area contributed by atoms with Gasteiger partial charge in [-0.3, -0.25) is 0 Å². The second-order valence-electron chi connectivity index (χ2n) is 3.39. The highest BCUT2D eigenvalue weighted by Gasteiger charge is 2.14. The largest absolute Gasteiger partial charge is 0.496 e. The first-order valence-corrected chi connectivity index (χ1v) is 5.48. The summed E-state index contributed by atoms with van der Waals surface area (Å²) in [5, 5.41) is 3.90. The van der Waals surface area contributed by atoms with E-state index in [0.717, 1.165) is 21.3 Å². The summed E-state index contributed by atoms with van der Waals surface area (Å²) in [6.07, 6.45) is 0. The van der Waals surface area contributed by atoms with Crippen LogP contribution in [0.15, 0.2) is 27.2 Å². The first-order valence-electron chi connectivity index (χ1n) is 4.69. The van der Waals surface area contributed by atoms with Crippen LogP contribution in [-0.2, 0) is 0 Å². The number of aryl methyl sites for hydroxylation is 1. The summed E-state index contributed by atoms with van der Waals surface area (Å²) in [5.74, 6) is 1.05. The van der Waals surface area contributed by atoms with Crippen LogP contribution in [0.2, 0.25) is 0 Å². The Morgan fingerprint density at radius 3 is 2.75 bits per heavy atom. The number of nitrogens with two attached hydrogens (primary N) is 1. The lowest BCUT2D eigenvalue weighted by Gasteiger charge is -2.09. The SMILES string of the molecule is COc1ccc(C)c(-c2cc(N)on2)c1Br. The van der Waals surface area contributed by atoms with E-state index in [4.69, 9.17) is 15.0 Å². The Balaban J connectivity index is 2.63. The van der Waals surface area contributed by atoms with Gasteiger partial charge in [-0.2, -0.15) is 0 Å². The number of aromatic nitrogens is 1. The zero-order valence-corrected chi connectivity index (χ0v) is 10.5. The van der Waals surface area contributed by atoms with Crippen molar-refractivity contribution in [2.24, 2.45) is 0 Å². The third kappa shape index (κ3) is 1.78. The molecule has 0 aliphatic rings. The molecule has 84 valence electrons. The number of ether oxygens (including phenoxy) is 1. The maximum Gasteiger partial charge on any atom is 0.222 e. The first kappa shape index (κ1) is 11.0. The lowest BCUT2D eigenvalue weighted by atomic mass is 10.1. The van der Waals surface area contributed by atoms with Crippen molar-refractivity contribution < 1.29 is 9.26 Å². The molecule has 16 heavy (non-hydrogen) atoms. The Kier molecular flexibility index (Phi) is 2.87. The monoisotopic (exact) mass is 282 g/mol. The van der Waals surface area contributed by atoms with Gasteiger partial charge in [-0.25, -0.2) is 0 Å². The number of rotatable bonds is 2. The van der Waals surface area contributed by atoms with Crippen LogP contribution in [0.4, 0.5) is 5.88 Å². The summed E-state index contributed by atoms with van der Waals surface area (Å²) >= 11 is 3.49. The smallest absolute Gasteiger partial charge is 0.222 e. The molecule has 2 N–H and O–H groups in total. The summed E-state index contributed by atoms with van der Waals surface area (Å²) < 4.78 is 11.0. The Labute approximate surface area is 102 Å². The number of nitrogens with zero attached hydrogens (tertiary/aromatic N) is 1. The quantitative estimate of drug-likeness (QED) is 0.920. The van der Waals surface area contributed by atoms with Crippen LogP contribution in [0.5, 0.6) is 5.75 Å². The molecular weight excluding hydrogens is 272 g/mol. The first-order chi connectivity index (χ1) is 7.63. The van der Waals surface area contributed by atoms with Crippen LogP contribution in [0.1, 0.15) is 5.56 Å². The van der Waals surface area contributed by atoms with Gasteiger partial charge in [0.15, 0.2) is 0 Å². The zero-order valence-electron chi connectivity index (χ0n) is 8.95. The minimum atomic E-state index is 0.295. The Morgan fingerprint density at radius 1 is 1.44 bits per heavy atom. The molecule has 0 saturated carbocycles. The van der Waals surface area contributed by atoms with Crippen molar-refractivity contribution in [1.82, 2.24) is 5.16 Å². The second kappa shape index (κ2) is 4.17. The fourth-order valence-electron chi connectivity index (χ4n) is 1.53. The third-order valence-corrected chi connectivity index (χ3v) is 3.11. The van der Waals surface area contributed by atoms with Crippen LogP contribution < -0.4 is 10.5 Å². The summed E-state index contributed by atoms with van der Waals surface area (Å²) in [7, 11) is 1.62. The molecule has 5 heteroatoms. The second-order valence-corrected chi connectivity index (χ2v) is 4.18. The van der Waals surface area contributed by atoms with E-state index in [2.05, 4.69) is 21.1 Å². The topological polar surface area (TPSA) is 61.3 Å². The molecule has 0 saturated heterocycles. The highest BCUT2D eigenvalue weighted by molar-refractivity contribution is 9.10. The van der Waals surface area contributed by atoms with Gasteiger partial charge in [0.1, 0.15) is 11.4 Å². The predicted molar refractivity (Wildman–Crippen MR) is 65.3 cm³/mol. The van der Waals surface area contributed by atoms with Gasteiger partial charge in [-0.15, -0.1) is 0 Å². The fraction of sp³-hybridized carbons (Fsp3) is 0.182. The predicted octanol–water partition coefficient (Wildman–Crippen LogP) is 3.00. The highest BCUT2D eigenvalue weighted by Crippen LogP contribution is 2.37. The Bertz CT molecular complexity index is 523. The van der Waals surface area contributed by atoms with Crippen molar-refractivity contribution in [2.75, 3.05) is 12.8 Å². The number of benzene rings is 1. The van der Waals surface area contributed by atoms with E-state index in [1.54, 1.807) is 13.2 Å². The van der Waals surface area contributed by atoms with E-state index in [-0.39, 0.29) is 0 Å². The van der Waals surface area contributed by atoms with E-state index in [0.29, 0.717) is 11.6 Å². The minimum Gasteiger partial charge on any atom is -0.496 e. The number of halogens is 1. The molecule has 0 unspecified atom stereocenters. The van der Waals surface area contributed by atoms with Gasteiger partial charge in [-0.1, -0.05) is 11.2 Å². The van der Waals surface area contributed by atoms with Crippen LogP contribution in [0.25, 0.3) is 11.3 Å². The minimum absolute atomic E-state index is 0.295. The Morgan fingerprint density at radius 2 is 2.19 bits per heavy atom. The van der Waals surface area contributed by atoms with Crippen molar-refractivity contribution in [1.29, 1.82) is 0 Å². The molecular formula is C11H11BrN2O2. The Hall–Kier alpha value is -1.49. The average molecular weight is 283 g/mol. The maximum atomic E-state index is 5.51. The molecule has 0 radical (unpaired) electrons. The molecule has 2 rings (SSSR count). The van der Waals surface area contributed by atoms with E-state index < -0.39 is 0 Å². The fourth-order valence-corrected chi connectivity index (χ4v) is 2.34. The molecule has 1 heterocycles. The summed E-state index contributed by atoms with van der Waals surface area (Å²) in [6, 6.07) is 5.54. The number of nitrogen functional groups attached to an aromatic ring is 1. The van der Waals surface area contributed by atoms with Crippen molar-refractivity contribution in [2.45, 2.75) is 6.92 Å². The molecule has 1 aromatic heterocycles. The molecule has 0 spiro atoms. The highest BCUT2D eigenvalue weighted by atomic mass is 79.9. The lowest BCUT2D eigenvalue weighted by Crippen LogP contribution is -1.90. The van der Waals surface area contributed by atoms with Gasteiger partial charge in [0.2, 0.25) is 5.88 Å². The molecule has 1 aromatic carbocycles. The normalized spacial score (nSPS) is 10.4. The van der Waals surface area contributed by atoms with Gasteiger partial charge in [0.25, 0.3) is 0 Å². The number of methoxy groups -OCH3 is 1. The van der Waals surface area contributed by atoms with Crippen LogP contribution in [0, 0.1) is 6.92 Å². The molecule has 0 atom stereocenters. The lowest BCUT2D eigenvalue weighted by molar-refractivity contribution is 0.412. The standard InChI is InChI=1S/C11H11BrN2O2/c1-6-3-4-8(15-2)11(12)10(6)7-5-9(13)16-14-7/h3-5H,13H2,1-2H3. The molecule has 0 fully saturated rings. The zero-order chi connectivity index (χ0) is 11.7. The van der Waals surface area contributed by atoms with Gasteiger partial charge in [-0.05, 0) is 34.5 Å². The number of anilines is 1. The van der Waals surface area contributed by atoms with Gasteiger partial charge < -0.3 is 15.0 Å². The average Bonchev–Trinajstić information content (AvgIpc) is 2.65. The van der Waals surface area contributed by atoms with Gasteiger partial charge in [0, 0.05) is 11.6 Å². The third-order valence-electron chi connectivity index (χ3n) is 2.32. The van der Waals surface area contributed by atoms with Crippen molar-refractivity contribution in [3.63, 3.8) is 0 Å². The van der Waals surface area contributed by atoms with E-state index in [1.165, 1.54) is 0 Å².